The molecule has 0 aliphatic carbocycles. The second kappa shape index (κ2) is 9.75. The summed E-state index contributed by atoms with van der Waals surface area (Å²) in [6.07, 6.45) is 0. The predicted octanol–water partition coefficient (Wildman–Crippen LogP) is 4.27. The normalized spacial score (nSPS) is 9.30. The Morgan fingerprint density at radius 1 is 0.900 bits per heavy atom. The highest BCUT2D eigenvalue weighted by molar-refractivity contribution is 14.1. The van der Waals surface area contributed by atoms with Crippen LogP contribution in [0.1, 0.15) is 0 Å². The SMILES string of the molecule is [N-]=[N+]=NCCOc1cc(I)c(OCCN=[N+]=[N-])cc1I. The molecule has 0 atom stereocenters. The molecule has 0 saturated heterocycles. The molecule has 0 heterocycles. The van der Waals surface area contributed by atoms with Gasteiger partial charge in [0.15, 0.2) is 0 Å². The van der Waals surface area contributed by atoms with Crippen LogP contribution in [0, 0.1) is 7.14 Å². The molecule has 0 bridgehead atoms. The van der Waals surface area contributed by atoms with E-state index in [-0.39, 0.29) is 13.1 Å². The minimum Gasteiger partial charge on any atom is -0.492 e. The molecule has 0 spiro atoms. The first-order valence-corrected chi connectivity index (χ1v) is 7.61. The van der Waals surface area contributed by atoms with Gasteiger partial charge in [0.1, 0.15) is 11.5 Å². The van der Waals surface area contributed by atoms with Crippen LogP contribution in [0.25, 0.3) is 20.9 Å². The van der Waals surface area contributed by atoms with Crippen molar-refractivity contribution in [1.82, 2.24) is 0 Å². The highest BCUT2D eigenvalue weighted by Gasteiger charge is 2.08. The zero-order chi connectivity index (χ0) is 14.8. The van der Waals surface area contributed by atoms with Crippen LogP contribution in [0.15, 0.2) is 22.4 Å². The lowest BCUT2D eigenvalue weighted by molar-refractivity contribution is 0.315. The summed E-state index contributed by atoms with van der Waals surface area (Å²) in [7, 11) is 0. The smallest absolute Gasteiger partial charge is 0.133 e. The molecule has 10 heteroatoms. The Balaban J connectivity index is 2.65. The van der Waals surface area contributed by atoms with E-state index < -0.39 is 0 Å². The molecule has 1 aromatic rings. The van der Waals surface area contributed by atoms with Gasteiger partial charge in [-0.1, -0.05) is 10.2 Å². The Labute approximate surface area is 142 Å². The highest BCUT2D eigenvalue weighted by Crippen LogP contribution is 2.31. The first kappa shape index (κ1) is 17.0. The number of rotatable bonds is 8. The van der Waals surface area contributed by atoms with Gasteiger partial charge in [0.25, 0.3) is 0 Å². The van der Waals surface area contributed by atoms with Crippen molar-refractivity contribution in [2.24, 2.45) is 10.2 Å². The number of azide groups is 2. The van der Waals surface area contributed by atoms with E-state index >= 15 is 0 Å². The molecule has 0 N–H and O–H groups in total. The largest absolute Gasteiger partial charge is 0.492 e. The summed E-state index contributed by atoms with van der Waals surface area (Å²) in [5.74, 6) is 1.43. The molecule has 106 valence electrons. The Hall–Kier alpha value is -1.10. The van der Waals surface area contributed by atoms with Crippen LogP contribution in [0.3, 0.4) is 0 Å². The lowest BCUT2D eigenvalue weighted by Crippen LogP contribution is -2.05. The Morgan fingerprint density at radius 2 is 1.30 bits per heavy atom. The topological polar surface area (TPSA) is 116 Å². The first-order valence-electron chi connectivity index (χ1n) is 5.45. The van der Waals surface area contributed by atoms with Crippen LogP contribution in [0.4, 0.5) is 0 Å². The molecular weight excluding hydrogens is 490 g/mol. The van der Waals surface area contributed by atoms with Crippen molar-refractivity contribution in [2.45, 2.75) is 0 Å². The lowest BCUT2D eigenvalue weighted by atomic mass is 10.3. The molecule has 0 saturated carbocycles. The number of halogens is 2. The van der Waals surface area contributed by atoms with Gasteiger partial charge in [-0.25, -0.2) is 0 Å². The van der Waals surface area contributed by atoms with Crippen LogP contribution in [0.5, 0.6) is 11.5 Å². The van der Waals surface area contributed by atoms with Crippen molar-refractivity contribution in [3.8, 4) is 11.5 Å². The zero-order valence-corrected chi connectivity index (χ0v) is 14.6. The average molecular weight is 500 g/mol. The van der Waals surface area contributed by atoms with Crippen LogP contribution in [-0.2, 0) is 0 Å². The van der Waals surface area contributed by atoms with E-state index in [1.807, 2.05) is 12.1 Å². The first-order chi connectivity index (χ1) is 9.69. The van der Waals surface area contributed by atoms with Crippen molar-refractivity contribution >= 4 is 45.2 Å². The van der Waals surface area contributed by atoms with E-state index in [9.17, 15) is 0 Å². The van der Waals surface area contributed by atoms with E-state index in [1.165, 1.54) is 0 Å². The van der Waals surface area contributed by atoms with Gasteiger partial charge in [-0.05, 0) is 68.4 Å². The van der Waals surface area contributed by atoms with Crippen LogP contribution in [0.2, 0.25) is 0 Å². The Kier molecular flexibility index (Phi) is 8.26. The second-order valence-corrected chi connectivity index (χ2v) is 5.64. The molecule has 8 nitrogen and oxygen atoms in total. The lowest BCUT2D eigenvalue weighted by Gasteiger charge is -2.12. The van der Waals surface area contributed by atoms with Gasteiger partial charge >= 0.3 is 0 Å². The van der Waals surface area contributed by atoms with E-state index in [4.69, 9.17) is 20.5 Å². The Morgan fingerprint density at radius 3 is 1.65 bits per heavy atom. The van der Waals surface area contributed by atoms with Gasteiger partial charge in [-0.2, -0.15) is 0 Å². The molecule has 1 rings (SSSR count). The van der Waals surface area contributed by atoms with E-state index in [1.54, 1.807) is 0 Å². The third-order valence-electron chi connectivity index (χ3n) is 2.01. The summed E-state index contributed by atoms with van der Waals surface area (Å²) in [6.45, 7) is 1.22. The fourth-order valence-electron chi connectivity index (χ4n) is 1.21. The average Bonchev–Trinajstić information content (AvgIpc) is 2.44. The number of benzene rings is 1. The summed E-state index contributed by atoms with van der Waals surface area (Å²) >= 11 is 4.28. The number of hydrogen-bond donors (Lipinski definition) is 0. The molecule has 0 amide bonds. The van der Waals surface area contributed by atoms with Gasteiger partial charge < -0.3 is 9.47 Å². The van der Waals surface area contributed by atoms with Crippen molar-refractivity contribution in [3.63, 3.8) is 0 Å². The van der Waals surface area contributed by atoms with Crippen LogP contribution < -0.4 is 9.47 Å². The summed E-state index contributed by atoms with van der Waals surface area (Å²) in [5, 5.41) is 6.80. The molecule has 0 aromatic heterocycles. The molecule has 0 aliphatic heterocycles. The minimum absolute atomic E-state index is 0.285. The molecule has 0 aliphatic rings. The van der Waals surface area contributed by atoms with Crippen molar-refractivity contribution in [1.29, 1.82) is 0 Å². The third-order valence-corrected chi connectivity index (χ3v) is 3.70. The summed E-state index contributed by atoms with van der Waals surface area (Å²) < 4.78 is 12.8. The summed E-state index contributed by atoms with van der Waals surface area (Å²) in [4.78, 5) is 5.31. The monoisotopic (exact) mass is 500 g/mol. The van der Waals surface area contributed by atoms with Gasteiger partial charge in [-0.3, -0.25) is 0 Å². The minimum atomic E-state index is 0.285. The highest BCUT2D eigenvalue weighted by atomic mass is 127. The zero-order valence-electron chi connectivity index (χ0n) is 10.2. The van der Waals surface area contributed by atoms with Crippen molar-refractivity contribution in [3.05, 3.63) is 40.2 Å². The number of hydrogen-bond acceptors (Lipinski definition) is 4. The number of ether oxygens (including phenoxy) is 2. The molecule has 0 unspecified atom stereocenters. The van der Waals surface area contributed by atoms with Crippen molar-refractivity contribution in [2.75, 3.05) is 26.3 Å². The van der Waals surface area contributed by atoms with Gasteiger partial charge in [0, 0.05) is 9.82 Å². The summed E-state index contributed by atoms with van der Waals surface area (Å²) in [5.41, 5.74) is 16.3. The molecular formula is C10H10I2N6O2. The van der Waals surface area contributed by atoms with Gasteiger partial charge in [-0.15, -0.1) is 0 Å². The summed E-state index contributed by atoms with van der Waals surface area (Å²) in [6, 6.07) is 3.70. The van der Waals surface area contributed by atoms with E-state index in [0.29, 0.717) is 24.7 Å². The Bertz CT molecular complexity index is 505. The maximum absolute atomic E-state index is 8.17. The van der Waals surface area contributed by atoms with Crippen LogP contribution >= 0.6 is 45.2 Å². The van der Waals surface area contributed by atoms with E-state index in [2.05, 4.69) is 65.2 Å². The van der Waals surface area contributed by atoms with E-state index in [0.717, 1.165) is 7.14 Å². The molecule has 0 fully saturated rings. The standard InChI is InChI=1S/C10H10I2N6O2/c11-7-6-10(20-4-2-16-18-14)8(12)5-9(7)19-3-1-15-17-13/h5-6H,1-4H2. The quantitative estimate of drug-likeness (QED) is 0.174. The van der Waals surface area contributed by atoms with Crippen molar-refractivity contribution < 1.29 is 9.47 Å². The van der Waals surface area contributed by atoms with Crippen LogP contribution in [-0.4, -0.2) is 26.3 Å². The second-order valence-electron chi connectivity index (χ2n) is 3.32. The fraction of sp³-hybridized carbons (Fsp3) is 0.400. The van der Waals surface area contributed by atoms with Gasteiger partial charge in [0.05, 0.1) is 33.4 Å². The maximum Gasteiger partial charge on any atom is 0.133 e. The fourth-order valence-corrected chi connectivity index (χ4v) is 2.40. The van der Waals surface area contributed by atoms with Gasteiger partial charge in [0.2, 0.25) is 0 Å². The number of nitrogens with zero attached hydrogens (tertiary/aromatic N) is 6. The molecule has 1 aromatic carbocycles. The molecule has 0 radical (unpaired) electrons. The maximum atomic E-state index is 8.17. The predicted molar refractivity (Wildman–Crippen MR) is 90.9 cm³/mol. The third kappa shape index (κ3) is 5.90. The molecule has 20 heavy (non-hydrogen) atoms.